The number of hydrogen-bond donors (Lipinski definition) is 1. The molecule has 0 saturated carbocycles. The Labute approximate surface area is 60.0 Å². The Morgan fingerprint density at radius 3 is 2.20 bits per heavy atom. The molecule has 0 bridgehead atoms. The summed E-state index contributed by atoms with van der Waals surface area (Å²) >= 11 is 0. The first-order valence-corrected chi connectivity index (χ1v) is 3.36. The van der Waals surface area contributed by atoms with E-state index in [1.807, 2.05) is 0 Å². The van der Waals surface area contributed by atoms with E-state index in [-0.39, 0.29) is 5.92 Å². The molecule has 58 valence electrons. The van der Waals surface area contributed by atoms with Crippen molar-refractivity contribution in [3.63, 3.8) is 0 Å². The van der Waals surface area contributed by atoms with Crippen molar-refractivity contribution in [1.82, 2.24) is 0 Å². The van der Waals surface area contributed by atoms with Crippen molar-refractivity contribution in [3.05, 3.63) is 0 Å². The smallest absolute Gasteiger partial charge is 0.335 e. The van der Waals surface area contributed by atoms with Crippen molar-refractivity contribution in [2.45, 2.75) is 32.5 Å². The maximum absolute atomic E-state index is 10.7. The molecule has 0 spiro atoms. The van der Waals surface area contributed by atoms with E-state index >= 15 is 0 Å². The van der Waals surface area contributed by atoms with Crippen molar-refractivity contribution in [2.75, 3.05) is 0 Å². The van der Waals surface area contributed by atoms with Gasteiger partial charge in [0.25, 0.3) is 0 Å². The number of hydrogen-bond acceptors (Lipinski definition) is 3. The van der Waals surface area contributed by atoms with Gasteiger partial charge in [-0.25, -0.2) is 4.79 Å². The second kappa shape index (κ2) is 1.95. The van der Waals surface area contributed by atoms with Crippen LogP contribution in [0.5, 0.6) is 0 Å². The van der Waals surface area contributed by atoms with Crippen LogP contribution in [-0.4, -0.2) is 22.8 Å². The van der Waals surface area contributed by atoms with Gasteiger partial charge in [0.15, 0.2) is 6.10 Å². The van der Waals surface area contributed by atoms with Gasteiger partial charge in [-0.3, -0.25) is 0 Å². The molecule has 1 aliphatic rings. The molecule has 1 heterocycles. The molecule has 0 radical (unpaired) electrons. The van der Waals surface area contributed by atoms with Crippen LogP contribution in [0, 0.1) is 5.92 Å². The third kappa shape index (κ3) is 0.904. The zero-order valence-electron chi connectivity index (χ0n) is 6.42. The number of cyclic esters (lactones) is 1. The molecular weight excluding hydrogens is 132 g/mol. The quantitative estimate of drug-likeness (QED) is 0.498. The molecule has 0 aromatic rings. The minimum atomic E-state index is -0.935. The minimum absolute atomic E-state index is 0.111. The van der Waals surface area contributed by atoms with E-state index in [2.05, 4.69) is 0 Å². The van der Waals surface area contributed by atoms with Gasteiger partial charge in [0.05, 0.1) is 0 Å². The molecule has 0 aromatic heterocycles. The molecule has 0 amide bonds. The lowest BCUT2D eigenvalue weighted by molar-refractivity contribution is -0.151. The van der Waals surface area contributed by atoms with E-state index in [1.54, 1.807) is 20.8 Å². The molecule has 2 atom stereocenters. The van der Waals surface area contributed by atoms with Gasteiger partial charge < -0.3 is 9.84 Å². The van der Waals surface area contributed by atoms with Crippen molar-refractivity contribution in [2.24, 2.45) is 5.92 Å². The first kappa shape index (κ1) is 7.54. The summed E-state index contributed by atoms with van der Waals surface area (Å²) in [7, 11) is 0. The molecule has 1 N–H and O–H groups in total. The van der Waals surface area contributed by atoms with E-state index in [4.69, 9.17) is 9.84 Å². The number of carbonyl (C=O) groups excluding carboxylic acids is 1. The lowest BCUT2D eigenvalue weighted by Gasteiger charge is -2.21. The molecule has 1 rings (SSSR count). The zero-order valence-corrected chi connectivity index (χ0v) is 6.42. The van der Waals surface area contributed by atoms with Crippen molar-refractivity contribution in [1.29, 1.82) is 0 Å². The zero-order chi connectivity index (χ0) is 7.94. The van der Waals surface area contributed by atoms with Gasteiger partial charge in [-0.05, 0) is 13.8 Å². The van der Waals surface area contributed by atoms with Gasteiger partial charge in [0, 0.05) is 5.92 Å². The van der Waals surface area contributed by atoms with Crippen molar-refractivity contribution in [3.8, 4) is 0 Å². The fraction of sp³-hybridized carbons (Fsp3) is 0.857. The Morgan fingerprint density at radius 2 is 2.10 bits per heavy atom. The SMILES string of the molecule is C[C@@H]1[C@@H](O)C(=O)OC1(C)C. The molecule has 0 aliphatic carbocycles. The first-order chi connectivity index (χ1) is 4.45. The fourth-order valence-corrected chi connectivity index (χ4v) is 0.997. The normalized spacial score (nSPS) is 37.8. The Morgan fingerprint density at radius 1 is 1.60 bits per heavy atom. The molecule has 1 saturated heterocycles. The highest BCUT2D eigenvalue weighted by molar-refractivity contribution is 5.77. The lowest BCUT2D eigenvalue weighted by Crippen LogP contribution is -2.29. The van der Waals surface area contributed by atoms with E-state index in [9.17, 15) is 4.79 Å². The lowest BCUT2D eigenvalue weighted by atomic mass is 9.91. The highest BCUT2D eigenvalue weighted by Crippen LogP contribution is 2.31. The van der Waals surface area contributed by atoms with Crippen LogP contribution in [0.1, 0.15) is 20.8 Å². The Hall–Kier alpha value is -0.570. The highest BCUT2D eigenvalue weighted by Gasteiger charge is 2.46. The summed E-state index contributed by atoms with van der Waals surface area (Å²) in [4.78, 5) is 10.7. The van der Waals surface area contributed by atoms with Gasteiger partial charge >= 0.3 is 5.97 Å². The Balaban J connectivity index is 2.81. The van der Waals surface area contributed by atoms with Gasteiger partial charge in [-0.1, -0.05) is 6.92 Å². The monoisotopic (exact) mass is 144 g/mol. The summed E-state index contributed by atoms with van der Waals surface area (Å²) in [6.45, 7) is 5.40. The number of aliphatic hydroxyl groups is 1. The fourth-order valence-electron chi connectivity index (χ4n) is 0.997. The summed E-state index contributed by atoms with van der Waals surface area (Å²) in [5, 5.41) is 9.13. The maximum atomic E-state index is 10.7. The van der Waals surface area contributed by atoms with Crippen LogP contribution >= 0.6 is 0 Å². The largest absolute Gasteiger partial charge is 0.457 e. The van der Waals surface area contributed by atoms with Crippen LogP contribution in [-0.2, 0) is 9.53 Å². The number of rotatable bonds is 0. The summed E-state index contributed by atoms with van der Waals surface area (Å²) < 4.78 is 4.88. The second-order valence-corrected chi connectivity index (χ2v) is 3.26. The molecule has 0 aromatic carbocycles. The van der Waals surface area contributed by atoms with Gasteiger partial charge in [0.1, 0.15) is 5.60 Å². The van der Waals surface area contributed by atoms with E-state index in [1.165, 1.54) is 0 Å². The topological polar surface area (TPSA) is 46.5 Å². The van der Waals surface area contributed by atoms with Crippen molar-refractivity contribution >= 4 is 5.97 Å². The summed E-state index contributed by atoms with van der Waals surface area (Å²) in [6, 6.07) is 0. The molecular formula is C7H12O3. The number of carbonyl (C=O) groups is 1. The number of esters is 1. The average Bonchev–Trinajstić information content (AvgIpc) is 1.95. The predicted molar refractivity (Wildman–Crippen MR) is 35.3 cm³/mol. The van der Waals surface area contributed by atoms with E-state index < -0.39 is 17.7 Å². The van der Waals surface area contributed by atoms with Crippen LogP contribution in [0.3, 0.4) is 0 Å². The predicted octanol–water partition coefficient (Wildman–Crippen LogP) is 0.319. The molecule has 1 fully saturated rings. The number of aliphatic hydroxyl groups excluding tert-OH is 1. The summed E-state index contributed by atoms with van der Waals surface area (Å²) in [6.07, 6.45) is -0.935. The molecule has 3 nitrogen and oxygen atoms in total. The third-order valence-corrected chi connectivity index (χ3v) is 2.18. The van der Waals surface area contributed by atoms with Gasteiger partial charge in [0.2, 0.25) is 0 Å². The standard InChI is InChI=1S/C7H12O3/c1-4-5(8)6(9)10-7(4,2)3/h4-5,8H,1-3H3/t4-,5-/m1/s1. The van der Waals surface area contributed by atoms with Crippen LogP contribution in [0.15, 0.2) is 0 Å². The third-order valence-electron chi connectivity index (χ3n) is 2.18. The number of ether oxygens (including phenoxy) is 1. The first-order valence-electron chi connectivity index (χ1n) is 3.36. The van der Waals surface area contributed by atoms with Crippen LogP contribution < -0.4 is 0 Å². The molecule has 10 heavy (non-hydrogen) atoms. The van der Waals surface area contributed by atoms with Crippen LogP contribution in [0.25, 0.3) is 0 Å². The molecule has 0 unspecified atom stereocenters. The Bertz CT molecular complexity index is 162. The van der Waals surface area contributed by atoms with Gasteiger partial charge in [-0.15, -0.1) is 0 Å². The van der Waals surface area contributed by atoms with E-state index in [0.717, 1.165) is 0 Å². The minimum Gasteiger partial charge on any atom is -0.457 e. The Kier molecular flexibility index (Phi) is 1.47. The highest BCUT2D eigenvalue weighted by atomic mass is 16.6. The average molecular weight is 144 g/mol. The summed E-state index contributed by atoms with van der Waals surface area (Å²) in [5.74, 6) is -0.613. The van der Waals surface area contributed by atoms with E-state index in [0.29, 0.717) is 0 Å². The van der Waals surface area contributed by atoms with Crippen LogP contribution in [0.4, 0.5) is 0 Å². The molecule has 3 heteroatoms. The van der Waals surface area contributed by atoms with Crippen molar-refractivity contribution < 1.29 is 14.6 Å². The maximum Gasteiger partial charge on any atom is 0.335 e. The molecule has 1 aliphatic heterocycles. The van der Waals surface area contributed by atoms with Crippen LogP contribution in [0.2, 0.25) is 0 Å². The van der Waals surface area contributed by atoms with Gasteiger partial charge in [-0.2, -0.15) is 0 Å². The second-order valence-electron chi connectivity index (χ2n) is 3.26. The summed E-state index contributed by atoms with van der Waals surface area (Å²) in [5.41, 5.74) is -0.503.